The molecule has 8 aromatic carbocycles. The molecule has 0 aliphatic heterocycles. The van der Waals surface area contributed by atoms with Crippen LogP contribution in [0.5, 0.6) is 0 Å². The highest BCUT2D eigenvalue weighted by molar-refractivity contribution is 7.27. The minimum absolute atomic E-state index is 0.662. The van der Waals surface area contributed by atoms with E-state index in [-0.39, 0.29) is 0 Å². The molecular weight excluding hydrogens is 665 g/mol. The quantitative estimate of drug-likeness (QED) is 0.185. The molecule has 0 saturated carbocycles. The molecule has 0 amide bonds. The van der Waals surface area contributed by atoms with Gasteiger partial charge in [-0.2, -0.15) is 0 Å². The van der Waals surface area contributed by atoms with Crippen LogP contribution in [0, 0.1) is 0 Å². The normalized spacial score (nSPS) is 12.2. The summed E-state index contributed by atoms with van der Waals surface area (Å²) >= 11 is 1.88. The van der Waals surface area contributed by atoms with Gasteiger partial charge in [-0.15, -0.1) is 11.3 Å². The molecule has 0 N–H and O–H groups in total. The van der Waals surface area contributed by atoms with Gasteiger partial charge < -0.3 is 4.57 Å². The highest BCUT2D eigenvalue weighted by atomic mass is 32.1. The second-order valence-corrected chi connectivity index (χ2v) is 14.8. The molecule has 0 unspecified atom stereocenters. The van der Waals surface area contributed by atoms with Crippen molar-refractivity contribution in [3.05, 3.63) is 170 Å². The summed E-state index contributed by atoms with van der Waals surface area (Å²) in [6.07, 6.45) is 0. The van der Waals surface area contributed by atoms with Crippen LogP contribution in [-0.4, -0.2) is 19.1 Å². The first-order valence-corrected chi connectivity index (χ1v) is 18.7. The van der Waals surface area contributed by atoms with Crippen LogP contribution in [-0.2, 0) is 0 Å². The van der Waals surface area contributed by atoms with Gasteiger partial charge in [0.15, 0.2) is 0 Å². The fraction of sp³-hybridized carbons (Fsp3) is 0. The van der Waals surface area contributed by atoms with Gasteiger partial charge >= 0.3 is 0 Å². The Morgan fingerprint density at radius 3 is 2.00 bits per heavy atom. The van der Waals surface area contributed by atoms with Gasteiger partial charge in [-0.1, -0.05) is 121 Å². The number of hydrogen-bond acceptors (Lipinski definition) is 3. The molecule has 0 aliphatic rings. The zero-order chi connectivity index (χ0) is 34.6. The lowest BCUT2D eigenvalue weighted by Crippen LogP contribution is -2.03. The van der Waals surface area contributed by atoms with E-state index in [0.29, 0.717) is 5.95 Å². The molecule has 4 aromatic heterocycles. The number of benzene rings is 8. The Kier molecular flexibility index (Phi) is 5.90. The van der Waals surface area contributed by atoms with E-state index < -0.39 is 0 Å². The van der Waals surface area contributed by atoms with Crippen molar-refractivity contribution in [2.24, 2.45) is 0 Å². The number of nitrogens with zero attached hydrogens (tertiary/aromatic N) is 4. The van der Waals surface area contributed by atoms with Crippen LogP contribution in [0.25, 0.3) is 108 Å². The standard InChI is InChI=1S/C48H28N4S/c1-3-14-30(15-4-1)46-34-20-9-11-21-38(34)49-48(50-46)52-40-25-24-35-44-32-18-8-7-13-29(32)23-26-43(44)53-47(35)45(40)37-27-36-33-19-10-12-22-39(33)51(41(36)28-42(37)52)31-16-5-2-6-17-31/h1-28H. The SMILES string of the molecule is c1ccc(-c2nc(-n3c4cc5c(cc4c4c6sc7ccc8ccccc8c7c6ccc43)c3ccccc3n5-c3ccccc3)nc3ccccc23)cc1. The second kappa shape index (κ2) is 10.8. The smallest absolute Gasteiger partial charge is 0.235 e. The van der Waals surface area contributed by atoms with Crippen LogP contribution in [0.4, 0.5) is 0 Å². The Morgan fingerprint density at radius 2 is 1.13 bits per heavy atom. The molecule has 0 bridgehead atoms. The maximum atomic E-state index is 5.43. The number of aromatic nitrogens is 4. The Bertz CT molecular complexity index is 3450. The average molecular weight is 693 g/mol. The second-order valence-electron chi connectivity index (χ2n) is 13.8. The predicted molar refractivity (Wildman–Crippen MR) is 224 cm³/mol. The molecule has 0 spiro atoms. The topological polar surface area (TPSA) is 35.6 Å². The first-order chi connectivity index (χ1) is 26.3. The molecular formula is C48H28N4S. The summed E-state index contributed by atoms with van der Waals surface area (Å²) in [6, 6.07) is 61.0. The Morgan fingerprint density at radius 1 is 0.415 bits per heavy atom. The number of fused-ring (bicyclic) bond motifs is 13. The molecule has 4 nitrogen and oxygen atoms in total. The summed E-state index contributed by atoms with van der Waals surface area (Å²) < 4.78 is 7.27. The van der Waals surface area contributed by atoms with Crippen LogP contribution in [0.1, 0.15) is 0 Å². The molecule has 0 atom stereocenters. The van der Waals surface area contributed by atoms with Crippen LogP contribution in [0.15, 0.2) is 170 Å². The highest BCUT2D eigenvalue weighted by Crippen LogP contribution is 2.47. The number of thiophene rings is 1. The van der Waals surface area contributed by atoms with E-state index in [1.54, 1.807) is 0 Å². The van der Waals surface area contributed by atoms with Crippen LogP contribution in [0.3, 0.4) is 0 Å². The van der Waals surface area contributed by atoms with E-state index in [4.69, 9.17) is 9.97 Å². The third-order valence-electron chi connectivity index (χ3n) is 10.9. The van der Waals surface area contributed by atoms with Crippen molar-refractivity contribution in [1.29, 1.82) is 0 Å². The van der Waals surface area contributed by atoms with Gasteiger partial charge in [0.1, 0.15) is 0 Å². The maximum absolute atomic E-state index is 5.43. The molecule has 0 aliphatic carbocycles. The van der Waals surface area contributed by atoms with E-state index in [0.717, 1.165) is 44.4 Å². The molecule has 0 saturated heterocycles. The van der Waals surface area contributed by atoms with E-state index in [9.17, 15) is 0 Å². The fourth-order valence-electron chi connectivity index (χ4n) is 8.62. The molecule has 0 fully saturated rings. The predicted octanol–water partition coefficient (Wildman–Crippen LogP) is 13.0. The lowest BCUT2D eigenvalue weighted by Gasteiger charge is -2.12. The third kappa shape index (κ3) is 4.05. The minimum atomic E-state index is 0.662. The summed E-state index contributed by atoms with van der Waals surface area (Å²) in [4.78, 5) is 10.7. The molecule has 4 heterocycles. The number of rotatable bonds is 3. The molecule has 12 rings (SSSR count). The van der Waals surface area contributed by atoms with Crippen molar-refractivity contribution < 1.29 is 0 Å². The Balaban J connectivity index is 1.29. The molecule has 0 radical (unpaired) electrons. The first kappa shape index (κ1) is 28.8. The van der Waals surface area contributed by atoms with Gasteiger partial charge in [0.05, 0.1) is 33.3 Å². The zero-order valence-corrected chi connectivity index (χ0v) is 29.2. The largest absolute Gasteiger partial charge is 0.309 e. The van der Waals surface area contributed by atoms with Crippen molar-refractivity contribution in [3.63, 3.8) is 0 Å². The first-order valence-electron chi connectivity index (χ1n) is 17.9. The van der Waals surface area contributed by atoms with Crippen molar-refractivity contribution in [2.45, 2.75) is 0 Å². The lowest BCUT2D eigenvalue weighted by atomic mass is 10.0. The molecule has 53 heavy (non-hydrogen) atoms. The Labute approximate surface area is 307 Å². The molecule has 12 aromatic rings. The fourth-order valence-corrected chi connectivity index (χ4v) is 9.89. The van der Waals surface area contributed by atoms with Gasteiger partial charge in [-0.3, -0.25) is 4.57 Å². The van der Waals surface area contributed by atoms with Crippen molar-refractivity contribution in [2.75, 3.05) is 0 Å². The van der Waals surface area contributed by atoms with Gasteiger partial charge in [-0.25, -0.2) is 9.97 Å². The lowest BCUT2D eigenvalue weighted by molar-refractivity contribution is 1.01. The van der Waals surface area contributed by atoms with E-state index >= 15 is 0 Å². The van der Waals surface area contributed by atoms with Gasteiger partial charge in [-0.05, 0) is 59.3 Å². The summed E-state index contributed by atoms with van der Waals surface area (Å²) in [7, 11) is 0. The summed E-state index contributed by atoms with van der Waals surface area (Å²) in [5, 5.41) is 11.1. The van der Waals surface area contributed by atoms with Crippen LogP contribution in [0.2, 0.25) is 0 Å². The van der Waals surface area contributed by atoms with Crippen LogP contribution < -0.4 is 0 Å². The average Bonchev–Trinajstić information content (AvgIpc) is 3.87. The number of hydrogen-bond donors (Lipinski definition) is 0. The summed E-state index contributed by atoms with van der Waals surface area (Å²) in [5.41, 5.74) is 8.56. The van der Waals surface area contributed by atoms with Gasteiger partial charge in [0.2, 0.25) is 5.95 Å². The van der Waals surface area contributed by atoms with Gasteiger partial charge in [0, 0.05) is 58.4 Å². The van der Waals surface area contributed by atoms with Crippen LogP contribution >= 0.6 is 11.3 Å². The van der Waals surface area contributed by atoms with Crippen molar-refractivity contribution >= 4 is 96.8 Å². The maximum Gasteiger partial charge on any atom is 0.235 e. The Hall–Kier alpha value is -6.82. The van der Waals surface area contributed by atoms with E-state index in [1.807, 2.05) is 11.3 Å². The monoisotopic (exact) mass is 692 g/mol. The zero-order valence-electron chi connectivity index (χ0n) is 28.4. The van der Waals surface area contributed by atoms with Gasteiger partial charge in [0.25, 0.3) is 0 Å². The van der Waals surface area contributed by atoms with Crippen molar-refractivity contribution in [3.8, 4) is 22.9 Å². The third-order valence-corrected chi connectivity index (χ3v) is 12.1. The molecule has 246 valence electrons. The van der Waals surface area contributed by atoms with E-state index in [2.05, 4.69) is 179 Å². The van der Waals surface area contributed by atoms with Crippen molar-refractivity contribution in [1.82, 2.24) is 19.1 Å². The molecule has 5 heteroatoms. The van der Waals surface area contributed by atoms with E-state index in [1.165, 1.54) is 58.0 Å². The minimum Gasteiger partial charge on any atom is -0.309 e. The summed E-state index contributed by atoms with van der Waals surface area (Å²) in [5.74, 6) is 0.662. The summed E-state index contributed by atoms with van der Waals surface area (Å²) in [6.45, 7) is 0. The highest BCUT2D eigenvalue weighted by Gasteiger charge is 2.23. The number of para-hydroxylation sites is 3.